The van der Waals surface area contributed by atoms with Gasteiger partial charge in [-0.1, -0.05) is 13.3 Å². The summed E-state index contributed by atoms with van der Waals surface area (Å²) in [5, 5.41) is 3.39. The SMILES string of the molecule is Cc1nc(CC2CC(C)CCC2CN)cs1. The summed E-state index contributed by atoms with van der Waals surface area (Å²) in [5.41, 5.74) is 7.16. The molecule has 0 aliphatic heterocycles. The molecule has 3 unspecified atom stereocenters. The molecular formula is C13H22N2S. The number of hydrogen-bond acceptors (Lipinski definition) is 3. The van der Waals surface area contributed by atoms with E-state index in [-0.39, 0.29) is 0 Å². The molecule has 90 valence electrons. The number of nitrogens with zero attached hydrogens (tertiary/aromatic N) is 1. The lowest BCUT2D eigenvalue weighted by Gasteiger charge is -2.33. The average molecular weight is 238 g/mol. The Morgan fingerprint density at radius 2 is 2.25 bits per heavy atom. The minimum absolute atomic E-state index is 0.721. The normalized spacial score (nSPS) is 30.6. The van der Waals surface area contributed by atoms with Crippen molar-refractivity contribution in [1.82, 2.24) is 4.98 Å². The van der Waals surface area contributed by atoms with Crippen LogP contribution in [0.3, 0.4) is 0 Å². The zero-order chi connectivity index (χ0) is 11.5. The molecule has 0 bridgehead atoms. The first kappa shape index (κ1) is 12.1. The van der Waals surface area contributed by atoms with Crippen LogP contribution < -0.4 is 5.73 Å². The maximum atomic E-state index is 5.88. The van der Waals surface area contributed by atoms with Gasteiger partial charge in [0.25, 0.3) is 0 Å². The van der Waals surface area contributed by atoms with E-state index in [9.17, 15) is 0 Å². The second-order valence-corrected chi connectivity index (χ2v) is 6.30. The summed E-state index contributed by atoms with van der Waals surface area (Å²) in [5.74, 6) is 2.35. The molecule has 2 N–H and O–H groups in total. The van der Waals surface area contributed by atoms with Crippen molar-refractivity contribution >= 4 is 11.3 Å². The highest BCUT2D eigenvalue weighted by Gasteiger charge is 2.28. The van der Waals surface area contributed by atoms with Gasteiger partial charge < -0.3 is 5.73 Å². The lowest BCUT2D eigenvalue weighted by atomic mass is 9.73. The summed E-state index contributed by atoms with van der Waals surface area (Å²) in [6, 6.07) is 0. The minimum atomic E-state index is 0.721. The van der Waals surface area contributed by atoms with Crippen molar-refractivity contribution in [3.05, 3.63) is 16.1 Å². The molecule has 1 fully saturated rings. The minimum Gasteiger partial charge on any atom is -0.330 e. The van der Waals surface area contributed by atoms with E-state index in [1.807, 2.05) is 0 Å². The van der Waals surface area contributed by atoms with Crippen LogP contribution in [0.4, 0.5) is 0 Å². The number of thiazole rings is 1. The van der Waals surface area contributed by atoms with Crippen LogP contribution in [0.5, 0.6) is 0 Å². The van der Waals surface area contributed by atoms with Crippen LogP contribution >= 0.6 is 11.3 Å². The van der Waals surface area contributed by atoms with Gasteiger partial charge in [-0.15, -0.1) is 11.3 Å². The standard InChI is InChI=1S/C13H22N2S/c1-9-3-4-11(7-14)12(5-9)6-13-8-16-10(2)15-13/h8-9,11-12H,3-7,14H2,1-2H3. The van der Waals surface area contributed by atoms with Crippen molar-refractivity contribution < 1.29 is 0 Å². The summed E-state index contributed by atoms with van der Waals surface area (Å²) in [6.07, 6.45) is 5.13. The molecule has 1 heterocycles. The number of aromatic nitrogens is 1. The Morgan fingerprint density at radius 3 is 2.88 bits per heavy atom. The molecular weight excluding hydrogens is 216 g/mol. The van der Waals surface area contributed by atoms with Gasteiger partial charge >= 0.3 is 0 Å². The van der Waals surface area contributed by atoms with Gasteiger partial charge in [0.15, 0.2) is 0 Å². The molecule has 0 aromatic carbocycles. The largest absolute Gasteiger partial charge is 0.330 e. The molecule has 0 spiro atoms. The zero-order valence-electron chi connectivity index (χ0n) is 10.3. The Morgan fingerprint density at radius 1 is 1.44 bits per heavy atom. The van der Waals surface area contributed by atoms with Gasteiger partial charge in [0.2, 0.25) is 0 Å². The van der Waals surface area contributed by atoms with Crippen LogP contribution in [0, 0.1) is 24.7 Å². The quantitative estimate of drug-likeness (QED) is 0.879. The van der Waals surface area contributed by atoms with Crippen LogP contribution in [0.25, 0.3) is 0 Å². The Balaban J connectivity index is 2.00. The Labute approximate surface area is 102 Å². The average Bonchev–Trinajstić information content (AvgIpc) is 2.64. The van der Waals surface area contributed by atoms with Crippen LogP contribution in [0.2, 0.25) is 0 Å². The second-order valence-electron chi connectivity index (χ2n) is 5.24. The number of nitrogens with two attached hydrogens (primary N) is 1. The predicted molar refractivity (Wildman–Crippen MR) is 69.6 cm³/mol. The van der Waals surface area contributed by atoms with Crippen molar-refractivity contribution in [1.29, 1.82) is 0 Å². The fourth-order valence-electron chi connectivity index (χ4n) is 2.89. The summed E-state index contributed by atoms with van der Waals surface area (Å²) < 4.78 is 0. The van der Waals surface area contributed by atoms with Gasteiger partial charge in [0.05, 0.1) is 10.7 Å². The lowest BCUT2D eigenvalue weighted by molar-refractivity contribution is 0.192. The second kappa shape index (κ2) is 5.28. The first-order valence-corrected chi connectivity index (χ1v) is 7.18. The van der Waals surface area contributed by atoms with E-state index in [1.54, 1.807) is 11.3 Å². The molecule has 2 nitrogen and oxygen atoms in total. The third-order valence-electron chi connectivity index (χ3n) is 3.84. The highest BCUT2D eigenvalue weighted by atomic mass is 32.1. The molecule has 1 aliphatic carbocycles. The van der Waals surface area contributed by atoms with Gasteiger partial charge in [-0.25, -0.2) is 4.98 Å². The van der Waals surface area contributed by atoms with Crippen LogP contribution in [-0.4, -0.2) is 11.5 Å². The highest BCUT2D eigenvalue weighted by Crippen LogP contribution is 2.35. The maximum absolute atomic E-state index is 5.88. The topological polar surface area (TPSA) is 38.9 Å². The highest BCUT2D eigenvalue weighted by molar-refractivity contribution is 7.09. The van der Waals surface area contributed by atoms with Crippen molar-refractivity contribution in [2.24, 2.45) is 23.5 Å². The molecule has 0 amide bonds. The molecule has 1 aromatic heterocycles. The fraction of sp³-hybridized carbons (Fsp3) is 0.769. The van der Waals surface area contributed by atoms with Crippen molar-refractivity contribution in [2.75, 3.05) is 6.54 Å². The smallest absolute Gasteiger partial charge is 0.0897 e. The van der Waals surface area contributed by atoms with E-state index >= 15 is 0 Å². The molecule has 0 radical (unpaired) electrons. The van der Waals surface area contributed by atoms with E-state index in [2.05, 4.69) is 24.2 Å². The number of aryl methyl sites for hydroxylation is 1. The molecule has 1 aromatic rings. The van der Waals surface area contributed by atoms with Crippen molar-refractivity contribution in [2.45, 2.75) is 39.5 Å². The Bertz CT molecular complexity index is 334. The molecule has 3 heteroatoms. The van der Waals surface area contributed by atoms with E-state index < -0.39 is 0 Å². The summed E-state index contributed by atoms with van der Waals surface area (Å²) >= 11 is 1.76. The van der Waals surface area contributed by atoms with E-state index in [0.29, 0.717) is 0 Å². The molecule has 1 saturated carbocycles. The number of hydrogen-bond donors (Lipinski definition) is 1. The molecule has 1 aliphatic rings. The van der Waals surface area contributed by atoms with Crippen LogP contribution in [-0.2, 0) is 6.42 Å². The van der Waals surface area contributed by atoms with E-state index in [1.165, 1.54) is 30.0 Å². The van der Waals surface area contributed by atoms with Gasteiger partial charge in [-0.3, -0.25) is 0 Å². The molecule has 3 atom stereocenters. The molecule has 16 heavy (non-hydrogen) atoms. The number of rotatable bonds is 3. The first-order valence-electron chi connectivity index (χ1n) is 6.30. The first-order chi connectivity index (χ1) is 7.69. The van der Waals surface area contributed by atoms with Crippen LogP contribution in [0.15, 0.2) is 5.38 Å². The molecule has 2 rings (SSSR count). The molecule has 0 saturated heterocycles. The van der Waals surface area contributed by atoms with Gasteiger partial charge in [-0.05, 0) is 50.5 Å². The Kier molecular flexibility index (Phi) is 3.98. The van der Waals surface area contributed by atoms with Crippen molar-refractivity contribution in [3.8, 4) is 0 Å². The lowest BCUT2D eigenvalue weighted by Crippen LogP contribution is -2.31. The fourth-order valence-corrected chi connectivity index (χ4v) is 3.52. The van der Waals surface area contributed by atoms with Gasteiger partial charge in [0.1, 0.15) is 0 Å². The monoisotopic (exact) mass is 238 g/mol. The summed E-state index contributed by atoms with van der Waals surface area (Å²) in [7, 11) is 0. The van der Waals surface area contributed by atoms with E-state index in [0.717, 1.165) is 30.7 Å². The predicted octanol–water partition coefficient (Wildman–Crippen LogP) is 3.01. The van der Waals surface area contributed by atoms with Gasteiger partial charge in [0, 0.05) is 5.38 Å². The van der Waals surface area contributed by atoms with E-state index in [4.69, 9.17) is 5.73 Å². The maximum Gasteiger partial charge on any atom is 0.0897 e. The van der Waals surface area contributed by atoms with Crippen LogP contribution in [0.1, 0.15) is 36.9 Å². The summed E-state index contributed by atoms with van der Waals surface area (Å²) in [6.45, 7) is 5.30. The Hall–Kier alpha value is -0.410. The third-order valence-corrected chi connectivity index (χ3v) is 4.67. The third kappa shape index (κ3) is 2.83. The summed E-state index contributed by atoms with van der Waals surface area (Å²) in [4.78, 5) is 4.58. The zero-order valence-corrected chi connectivity index (χ0v) is 11.1. The van der Waals surface area contributed by atoms with Gasteiger partial charge in [-0.2, -0.15) is 0 Å². The van der Waals surface area contributed by atoms with Crippen molar-refractivity contribution in [3.63, 3.8) is 0 Å².